The highest BCUT2D eigenvalue weighted by molar-refractivity contribution is 5.75. The Bertz CT molecular complexity index is 1390. The van der Waals surface area contributed by atoms with Gasteiger partial charge >= 0.3 is 6.01 Å². The van der Waals surface area contributed by atoms with Crippen LogP contribution in [0.1, 0.15) is 11.1 Å². The summed E-state index contributed by atoms with van der Waals surface area (Å²) in [4.78, 5) is 22.0. The van der Waals surface area contributed by atoms with Crippen molar-refractivity contribution in [1.29, 1.82) is 0 Å². The van der Waals surface area contributed by atoms with Gasteiger partial charge in [-0.1, -0.05) is 48.0 Å². The van der Waals surface area contributed by atoms with E-state index in [1.165, 1.54) is 0 Å². The van der Waals surface area contributed by atoms with Crippen LogP contribution in [0.3, 0.4) is 0 Å². The number of benzene rings is 2. The van der Waals surface area contributed by atoms with Gasteiger partial charge in [0.25, 0.3) is 5.56 Å². The van der Waals surface area contributed by atoms with E-state index in [1.807, 2.05) is 61.5 Å². The second-order valence-electron chi connectivity index (χ2n) is 6.78. The van der Waals surface area contributed by atoms with Gasteiger partial charge in [0.05, 0.1) is 11.9 Å². The molecule has 3 aromatic heterocycles. The largest absolute Gasteiger partial charge is 0.423 e. The van der Waals surface area contributed by atoms with Crippen molar-refractivity contribution < 1.29 is 4.74 Å². The van der Waals surface area contributed by atoms with Crippen LogP contribution >= 0.6 is 0 Å². The monoisotopic (exact) mass is 383 g/mol. The van der Waals surface area contributed by atoms with E-state index >= 15 is 0 Å². The highest BCUT2D eigenvalue weighted by Crippen LogP contribution is 2.20. The van der Waals surface area contributed by atoms with Gasteiger partial charge in [-0.05, 0) is 36.8 Å². The SMILES string of the molecule is Cc1cccc(Cn2c(=O)c3cccnc3n3nc(Oc4ccccc4)nc23)c1. The number of nitrogens with zero attached hydrogens (tertiary/aromatic N) is 5. The van der Waals surface area contributed by atoms with Crippen molar-refractivity contribution >= 4 is 16.8 Å². The number of fused-ring (bicyclic) bond motifs is 3. The Morgan fingerprint density at radius 3 is 2.69 bits per heavy atom. The van der Waals surface area contributed by atoms with E-state index in [-0.39, 0.29) is 11.6 Å². The topological polar surface area (TPSA) is 74.3 Å². The summed E-state index contributed by atoms with van der Waals surface area (Å²) in [6.45, 7) is 2.40. The molecule has 3 heterocycles. The van der Waals surface area contributed by atoms with Crippen LogP contribution in [0.15, 0.2) is 77.7 Å². The van der Waals surface area contributed by atoms with Crippen LogP contribution in [-0.4, -0.2) is 24.1 Å². The predicted molar refractivity (Wildman–Crippen MR) is 109 cm³/mol. The summed E-state index contributed by atoms with van der Waals surface area (Å²) in [5.74, 6) is 1.00. The molecule has 0 saturated heterocycles. The van der Waals surface area contributed by atoms with E-state index in [4.69, 9.17) is 4.74 Å². The van der Waals surface area contributed by atoms with E-state index < -0.39 is 0 Å². The number of ether oxygens (including phenoxy) is 1. The standard InChI is InChI=1S/C22H17N5O2/c1-15-7-5-8-16(13-15)14-26-20(28)18-11-6-12-23-19(18)27-22(26)24-21(25-27)29-17-9-3-2-4-10-17/h2-13H,14H2,1H3. The Morgan fingerprint density at radius 2 is 1.86 bits per heavy atom. The highest BCUT2D eigenvalue weighted by atomic mass is 16.5. The van der Waals surface area contributed by atoms with Crippen LogP contribution < -0.4 is 10.3 Å². The van der Waals surface area contributed by atoms with Gasteiger partial charge in [0.15, 0.2) is 5.65 Å². The van der Waals surface area contributed by atoms with Crippen molar-refractivity contribution in [3.05, 3.63) is 94.4 Å². The lowest BCUT2D eigenvalue weighted by atomic mass is 10.1. The van der Waals surface area contributed by atoms with Gasteiger partial charge in [0.2, 0.25) is 5.78 Å². The van der Waals surface area contributed by atoms with E-state index in [2.05, 4.69) is 15.1 Å². The van der Waals surface area contributed by atoms with E-state index in [1.54, 1.807) is 27.4 Å². The molecule has 0 aliphatic carbocycles. The third-order valence-corrected chi connectivity index (χ3v) is 4.65. The Kier molecular flexibility index (Phi) is 4.05. The van der Waals surface area contributed by atoms with Crippen LogP contribution in [0.5, 0.6) is 11.8 Å². The minimum atomic E-state index is -0.166. The molecule has 5 aromatic rings. The Hall–Kier alpha value is -4.00. The van der Waals surface area contributed by atoms with Crippen LogP contribution in [-0.2, 0) is 6.54 Å². The Labute approximate surface area is 165 Å². The number of hydrogen-bond acceptors (Lipinski definition) is 5. The average molecular weight is 383 g/mol. The van der Waals surface area contributed by atoms with Crippen molar-refractivity contribution in [3.8, 4) is 11.8 Å². The molecular weight excluding hydrogens is 366 g/mol. The third-order valence-electron chi connectivity index (χ3n) is 4.65. The number of aromatic nitrogens is 5. The minimum absolute atomic E-state index is 0.159. The summed E-state index contributed by atoms with van der Waals surface area (Å²) >= 11 is 0. The van der Waals surface area contributed by atoms with Crippen molar-refractivity contribution in [2.24, 2.45) is 0 Å². The molecule has 0 bridgehead atoms. The van der Waals surface area contributed by atoms with Gasteiger partial charge in [0, 0.05) is 6.20 Å². The van der Waals surface area contributed by atoms with E-state index in [0.29, 0.717) is 29.1 Å². The summed E-state index contributed by atoms with van der Waals surface area (Å²) in [6, 6.07) is 21.0. The molecule has 0 atom stereocenters. The van der Waals surface area contributed by atoms with E-state index in [0.717, 1.165) is 11.1 Å². The van der Waals surface area contributed by atoms with Crippen molar-refractivity contribution in [3.63, 3.8) is 0 Å². The number of rotatable bonds is 4. The summed E-state index contributed by atoms with van der Waals surface area (Å²) in [5.41, 5.74) is 2.42. The van der Waals surface area contributed by atoms with E-state index in [9.17, 15) is 4.79 Å². The molecule has 29 heavy (non-hydrogen) atoms. The summed E-state index contributed by atoms with van der Waals surface area (Å²) in [6.07, 6.45) is 1.63. The zero-order valence-electron chi connectivity index (χ0n) is 15.7. The summed E-state index contributed by atoms with van der Waals surface area (Å²) < 4.78 is 8.95. The van der Waals surface area contributed by atoms with Crippen molar-refractivity contribution in [2.75, 3.05) is 0 Å². The number of para-hydroxylation sites is 1. The van der Waals surface area contributed by atoms with Crippen LogP contribution in [0.4, 0.5) is 0 Å². The normalized spacial score (nSPS) is 11.2. The van der Waals surface area contributed by atoms with Crippen LogP contribution in [0, 0.1) is 6.92 Å². The van der Waals surface area contributed by atoms with Crippen LogP contribution in [0.2, 0.25) is 0 Å². The number of pyridine rings is 1. The second kappa shape index (κ2) is 6.87. The first kappa shape index (κ1) is 17.1. The molecule has 5 rings (SSSR count). The minimum Gasteiger partial charge on any atom is -0.423 e. The van der Waals surface area contributed by atoms with Crippen LogP contribution in [0.25, 0.3) is 16.8 Å². The fourth-order valence-corrected chi connectivity index (χ4v) is 3.34. The molecule has 0 aliphatic rings. The molecule has 2 aromatic carbocycles. The lowest BCUT2D eigenvalue weighted by molar-refractivity contribution is 0.443. The first-order valence-corrected chi connectivity index (χ1v) is 9.22. The van der Waals surface area contributed by atoms with Crippen molar-refractivity contribution in [1.82, 2.24) is 24.1 Å². The fraction of sp³-hybridized carbons (Fsp3) is 0.0909. The maximum absolute atomic E-state index is 13.2. The molecule has 0 spiro atoms. The third kappa shape index (κ3) is 3.12. The molecule has 142 valence electrons. The average Bonchev–Trinajstić information content (AvgIpc) is 3.16. The highest BCUT2D eigenvalue weighted by Gasteiger charge is 2.17. The molecule has 0 radical (unpaired) electrons. The molecule has 0 aliphatic heterocycles. The first-order valence-electron chi connectivity index (χ1n) is 9.22. The Balaban J connectivity index is 1.71. The van der Waals surface area contributed by atoms with Gasteiger partial charge in [-0.3, -0.25) is 9.36 Å². The number of aryl methyl sites for hydroxylation is 1. The molecule has 0 saturated carbocycles. The molecular formula is C22H17N5O2. The van der Waals surface area contributed by atoms with Gasteiger partial charge in [-0.2, -0.15) is 9.50 Å². The lowest BCUT2D eigenvalue weighted by Crippen LogP contribution is -2.24. The molecule has 7 heteroatoms. The van der Waals surface area contributed by atoms with Gasteiger partial charge in [-0.25, -0.2) is 4.98 Å². The molecule has 0 N–H and O–H groups in total. The van der Waals surface area contributed by atoms with Gasteiger partial charge in [0.1, 0.15) is 5.75 Å². The number of hydrogen-bond donors (Lipinski definition) is 0. The molecule has 0 unspecified atom stereocenters. The molecule has 0 fully saturated rings. The van der Waals surface area contributed by atoms with Gasteiger partial charge in [-0.15, -0.1) is 5.10 Å². The molecule has 7 nitrogen and oxygen atoms in total. The predicted octanol–water partition coefficient (Wildman–Crippen LogP) is 3.59. The first-order chi connectivity index (χ1) is 14.2. The zero-order valence-corrected chi connectivity index (χ0v) is 15.7. The quantitative estimate of drug-likeness (QED) is 0.474. The lowest BCUT2D eigenvalue weighted by Gasteiger charge is -2.09. The summed E-state index contributed by atoms with van der Waals surface area (Å²) in [7, 11) is 0. The maximum atomic E-state index is 13.2. The van der Waals surface area contributed by atoms with Gasteiger partial charge < -0.3 is 4.74 Å². The second-order valence-corrected chi connectivity index (χ2v) is 6.78. The maximum Gasteiger partial charge on any atom is 0.343 e. The zero-order chi connectivity index (χ0) is 19.8. The Morgan fingerprint density at radius 1 is 1.00 bits per heavy atom. The summed E-state index contributed by atoms with van der Waals surface area (Å²) in [5, 5.41) is 4.93. The van der Waals surface area contributed by atoms with Crippen molar-refractivity contribution in [2.45, 2.75) is 13.5 Å². The fourth-order valence-electron chi connectivity index (χ4n) is 3.34. The molecule has 0 amide bonds. The smallest absolute Gasteiger partial charge is 0.343 e.